The van der Waals surface area contributed by atoms with Crippen LogP contribution < -0.4 is 4.90 Å². The number of hydrogen-bond acceptors (Lipinski definition) is 6. The molecule has 2 aromatic heterocycles. The number of piperidine rings is 1. The Hall–Kier alpha value is -3.33. The number of hydrogen-bond donors (Lipinski definition) is 2. The standard InChI is InChI=1S/C21H26N4O.C2H2O4/c26-20-8-2-4-13-25(20)21-17(6-5-12-23-21)9-14-24-15-10-18(16-24)19-7-1-3-11-22-19;3-1(4)2(5)6/h1,3,5-7,11-12,18H,2,4,8-10,13-16H2;(H,3,4)(H,5,6). The van der Waals surface area contributed by atoms with Crippen molar-refractivity contribution in [3.05, 3.63) is 54.0 Å². The Kier molecular flexibility index (Phi) is 8.27. The van der Waals surface area contributed by atoms with E-state index in [0.29, 0.717) is 12.3 Å². The lowest BCUT2D eigenvalue weighted by Gasteiger charge is -2.28. The highest BCUT2D eigenvalue weighted by atomic mass is 16.4. The van der Waals surface area contributed by atoms with Crippen molar-refractivity contribution < 1.29 is 24.6 Å². The van der Waals surface area contributed by atoms with Gasteiger partial charge in [-0.3, -0.25) is 14.7 Å². The first-order chi connectivity index (χ1) is 15.5. The van der Waals surface area contributed by atoms with Crippen molar-refractivity contribution in [2.24, 2.45) is 0 Å². The first kappa shape index (κ1) is 23.3. The summed E-state index contributed by atoms with van der Waals surface area (Å²) < 4.78 is 0. The molecule has 2 N–H and O–H groups in total. The highest BCUT2D eigenvalue weighted by Crippen LogP contribution is 2.27. The lowest BCUT2D eigenvalue weighted by molar-refractivity contribution is -0.159. The van der Waals surface area contributed by atoms with Crippen molar-refractivity contribution in [1.29, 1.82) is 0 Å². The summed E-state index contributed by atoms with van der Waals surface area (Å²) in [6, 6.07) is 10.3. The Morgan fingerprint density at radius 1 is 1.00 bits per heavy atom. The van der Waals surface area contributed by atoms with Crippen LogP contribution in [0.2, 0.25) is 0 Å². The van der Waals surface area contributed by atoms with E-state index in [9.17, 15) is 4.79 Å². The molecular weight excluding hydrogens is 412 g/mol. The number of anilines is 1. The molecule has 0 aromatic carbocycles. The quantitative estimate of drug-likeness (QED) is 0.678. The largest absolute Gasteiger partial charge is 0.473 e. The van der Waals surface area contributed by atoms with Crippen LogP contribution in [0.15, 0.2) is 42.7 Å². The minimum atomic E-state index is -1.82. The molecule has 2 aromatic rings. The maximum atomic E-state index is 12.3. The lowest BCUT2D eigenvalue weighted by atomic mass is 10.0. The number of carboxylic acids is 2. The molecule has 4 heterocycles. The van der Waals surface area contributed by atoms with Gasteiger partial charge in [0.1, 0.15) is 5.82 Å². The van der Waals surface area contributed by atoms with Gasteiger partial charge in [-0.05, 0) is 56.0 Å². The van der Waals surface area contributed by atoms with E-state index in [4.69, 9.17) is 19.8 Å². The number of nitrogens with zero attached hydrogens (tertiary/aromatic N) is 4. The minimum Gasteiger partial charge on any atom is -0.473 e. The topological polar surface area (TPSA) is 124 Å². The molecule has 1 amide bonds. The Morgan fingerprint density at radius 2 is 1.78 bits per heavy atom. The summed E-state index contributed by atoms with van der Waals surface area (Å²) in [5, 5.41) is 14.8. The summed E-state index contributed by atoms with van der Waals surface area (Å²) in [6.45, 7) is 3.98. The molecule has 1 atom stereocenters. The Morgan fingerprint density at radius 3 is 2.47 bits per heavy atom. The van der Waals surface area contributed by atoms with E-state index in [2.05, 4.69) is 33.1 Å². The van der Waals surface area contributed by atoms with Crippen molar-refractivity contribution in [3.63, 3.8) is 0 Å². The molecule has 2 fully saturated rings. The van der Waals surface area contributed by atoms with Crippen LogP contribution >= 0.6 is 0 Å². The van der Waals surface area contributed by atoms with E-state index in [1.54, 1.807) is 6.20 Å². The molecule has 32 heavy (non-hydrogen) atoms. The number of carbonyl (C=O) groups excluding carboxylic acids is 1. The van der Waals surface area contributed by atoms with Gasteiger partial charge in [0.15, 0.2) is 0 Å². The van der Waals surface area contributed by atoms with Crippen molar-refractivity contribution in [3.8, 4) is 0 Å². The average molecular weight is 441 g/mol. The molecule has 1 unspecified atom stereocenters. The monoisotopic (exact) mass is 440 g/mol. The van der Waals surface area contributed by atoms with Crippen LogP contribution in [-0.4, -0.2) is 69.1 Å². The minimum absolute atomic E-state index is 0.215. The average Bonchev–Trinajstić information content (AvgIpc) is 3.28. The van der Waals surface area contributed by atoms with E-state index in [1.807, 2.05) is 23.2 Å². The molecule has 2 aliphatic rings. The summed E-state index contributed by atoms with van der Waals surface area (Å²) in [5.74, 6) is -2.02. The molecule has 0 spiro atoms. The van der Waals surface area contributed by atoms with Crippen LogP contribution in [0.5, 0.6) is 0 Å². The summed E-state index contributed by atoms with van der Waals surface area (Å²) in [6.07, 6.45) is 8.50. The van der Waals surface area contributed by atoms with Gasteiger partial charge in [0, 0.05) is 50.1 Å². The highest BCUT2D eigenvalue weighted by Gasteiger charge is 2.26. The first-order valence-corrected chi connectivity index (χ1v) is 10.8. The Bertz CT molecular complexity index is 925. The van der Waals surface area contributed by atoms with Gasteiger partial charge in [-0.2, -0.15) is 0 Å². The summed E-state index contributed by atoms with van der Waals surface area (Å²) in [5.41, 5.74) is 2.39. The molecule has 0 aliphatic carbocycles. The van der Waals surface area contributed by atoms with Crippen LogP contribution in [0.3, 0.4) is 0 Å². The van der Waals surface area contributed by atoms with Crippen molar-refractivity contribution in [2.75, 3.05) is 31.1 Å². The van der Waals surface area contributed by atoms with Crippen LogP contribution in [0, 0.1) is 0 Å². The number of carboxylic acid groups (broad SMARTS) is 2. The SMILES string of the molecule is O=C(O)C(=O)O.O=C1CCCCN1c1ncccc1CCN1CCC(c2ccccn2)C1. The van der Waals surface area contributed by atoms with Gasteiger partial charge in [0.25, 0.3) is 0 Å². The summed E-state index contributed by atoms with van der Waals surface area (Å²) in [4.78, 5) is 43.9. The lowest BCUT2D eigenvalue weighted by Crippen LogP contribution is -2.36. The van der Waals surface area contributed by atoms with Gasteiger partial charge in [0.05, 0.1) is 0 Å². The second kappa shape index (κ2) is 11.3. The molecule has 0 radical (unpaired) electrons. The molecule has 0 saturated carbocycles. The number of amides is 1. The first-order valence-electron chi connectivity index (χ1n) is 10.8. The maximum absolute atomic E-state index is 12.3. The predicted octanol–water partition coefficient (Wildman–Crippen LogP) is 2.18. The van der Waals surface area contributed by atoms with E-state index >= 15 is 0 Å². The normalized spacial score (nSPS) is 18.7. The van der Waals surface area contributed by atoms with E-state index in [1.165, 1.54) is 17.7 Å². The van der Waals surface area contributed by atoms with E-state index in [0.717, 1.165) is 51.3 Å². The molecule has 2 aliphatic heterocycles. The third kappa shape index (κ3) is 6.34. The second-order valence-electron chi connectivity index (χ2n) is 7.89. The predicted molar refractivity (Wildman–Crippen MR) is 117 cm³/mol. The molecule has 170 valence electrons. The number of likely N-dealkylation sites (tertiary alicyclic amines) is 1. The zero-order valence-electron chi connectivity index (χ0n) is 17.9. The van der Waals surface area contributed by atoms with Crippen molar-refractivity contribution in [1.82, 2.24) is 14.9 Å². The molecule has 9 heteroatoms. The molecule has 4 rings (SSSR count). The van der Waals surface area contributed by atoms with Gasteiger partial charge in [-0.1, -0.05) is 12.1 Å². The molecular formula is C23H28N4O5. The van der Waals surface area contributed by atoms with Crippen LogP contribution in [0.1, 0.15) is 42.9 Å². The van der Waals surface area contributed by atoms with Gasteiger partial charge >= 0.3 is 11.9 Å². The van der Waals surface area contributed by atoms with Crippen LogP contribution in [0.4, 0.5) is 5.82 Å². The fourth-order valence-corrected chi connectivity index (χ4v) is 4.07. The number of aliphatic carboxylic acids is 2. The fraction of sp³-hybridized carbons (Fsp3) is 0.435. The maximum Gasteiger partial charge on any atom is 0.414 e. The molecule has 9 nitrogen and oxygen atoms in total. The van der Waals surface area contributed by atoms with Crippen LogP contribution in [-0.2, 0) is 20.8 Å². The third-order valence-electron chi connectivity index (χ3n) is 5.71. The number of aromatic nitrogens is 2. The van der Waals surface area contributed by atoms with Gasteiger partial charge < -0.3 is 15.1 Å². The number of pyridine rings is 2. The van der Waals surface area contributed by atoms with Crippen molar-refractivity contribution in [2.45, 2.75) is 38.0 Å². The van der Waals surface area contributed by atoms with Crippen LogP contribution in [0.25, 0.3) is 0 Å². The van der Waals surface area contributed by atoms with Crippen molar-refractivity contribution >= 4 is 23.7 Å². The molecule has 0 bridgehead atoms. The van der Waals surface area contributed by atoms with E-state index in [-0.39, 0.29) is 5.91 Å². The van der Waals surface area contributed by atoms with Gasteiger partial charge in [0.2, 0.25) is 5.91 Å². The summed E-state index contributed by atoms with van der Waals surface area (Å²) >= 11 is 0. The zero-order valence-corrected chi connectivity index (χ0v) is 17.9. The van der Waals surface area contributed by atoms with Gasteiger partial charge in [-0.25, -0.2) is 14.6 Å². The fourth-order valence-electron chi connectivity index (χ4n) is 4.07. The smallest absolute Gasteiger partial charge is 0.414 e. The third-order valence-corrected chi connectivity index (χ3v) is 5.71. The zero-order chi connectivity index (χ0) is 22.9. The highest BCUT2D eigenvalue weighted by molar-refractivity contribution is 6.27. The number of carbonyl (C=O) groups is 3. The van der Waals surface area contributed by atoms with Gasteiger partial charge in [-0.15, -0.1) is 0 Å². The summed E-state index contributed by atoms with van der Waals surface area (Å²) in [7, 11) is 0. The Labute approximate surface area is 186 Å². The van der Waals surface area contributed by atoms with E-state index < -0.39 is 11.9 Å². The molecule has 2 saturated heterocycles. The second-order valence-corrected chi connectivity index (χ2v) is 7.89. The Balaban J connectivity index is 0.000000427. The number of rotatable bonds is 5.